The predicted molar refractivity (Wildman–Crippen MR) is 72.7 cm³/mol. The van der Waals surface area contributed by atoms with Gasteiger partial charge in [0.25, 0.3) is 0 Å². The molecule has 0 aromatic heterocycles. The summed E-state index contributed by atoms with van der Waals surface area (Å²) in [5.41, 5.74) is 0. The average Bonchev–Trinajstić information content (AvgIpc) is 2.38. The van der Waals surface area contributed by atoms with E-state index >= 15 is 0 Å². The zero-order chi connectivity index (χ0) is 14.3. The highest BCUT2D eigenvalue weighted by Gasteiger charge is 2.32. The molecule has 1 atom stereocenters. The number of hydrogen-bond donors (Lipinski definition) is 0. The van der Waals surface area contributed by atoms with Gasteiger partial charge in [-0.2, -0.15) is 0 Å². The van der Waals surface area contributed by atoms with Gasteiger partial charge in [0.05, 0.1) is 13.2 Å². The van der Waals surface area contributed by atoms with E-state index in [-0.39, 0.29) is 19.1 Å². The molecule has 1 unspecified atom stereocenters. The normalized spacial score (nSPS) is 18.9. The van der Waals surface area contributed by atoms with Crippen LogP contribution in [0, 0.1) is 11.8 Å². The molecule has 0 radical (unpaired) electrons. The van der Waals surface area contributed by atoms with E-state index in [1.165, 1.54) is 0 Å². The van der Waals surface area contributed by atoms with Crippen LogP contribution in [-0.2, 0) is 19.1 Å². The Bertz CT molecular complexity index is 333. The van der Waals surface area contributed by atoms with Gasteiger partial charge in [0.15, 0.2) is 5.92 Å². The molecule has 0 bridgehead atoms. The molecule has 1 rings (SSSR count). The Hall–Kier alpha value is -1.03. The van der Waals surface area contributed by atoms with Gasteiger partial charge in [-0.1, -0.05) is 17.7 Å². The van der Waals surface area contributed by atoms with Crippen LogP contribution in [0.1, 0.15) is 39.5 Å². The van der Waals surface area contributed by atoms with Crippen molar-refractivity contribution in [2.24, 2.45) is 11.8 Å². The van der Waals surface area contributed by atoms with Crippen molar-refractivity contribution in [1.29, 1.82) is 0 Å². The lowest BCUT2D eigenvalue weighted by molar-refractivity contribution is -0.162. The van der Waals surface area contributed by atoms with Crippen molar-refractivity contribution >= 4 is 23.5 Å². The molecule has 108 valence electrons. The minimum Gasteiger partial charge on any atom is -0.465 e. The standard InChI is InChI=1S/C14H21ClO4/c1-3-18-13(16)12(14(17)19-4-2)9-10-5-7-11(15)8-6-10/h7,10,12H,3-6,8-9H2,1-2H3. The monoisotopic (exact) mass is 288 g/mol. The van der Waals surface area contributed by atoms with Gasteiger partial charge in [-0.3, -0.25) is 9.59 Å². The minimum absolute atomic E-state index is 0.269. The molecule has 0 saturated carbocycles. The van der Waals surface area contributed by atoms with Crippen LogP contribution < -0.4 is 0 Å². The number of carbonyl (C=O) groups excluding carboxylic acids is 2. The van der Waals surface area contributed by atoms with Crippen molar-refractivity contribution in [3.05, 3.63) is 11.1 Å². The lowest BCUT2D eigenvalue weighted by Gasteiger charge is -2.23. The van der Waals surface area contributed by atoms with Crippen LogP contribution in [0.3, 0.4) is 0 Å². The van der Waals surface area contributed by atoms with E-state index in [9.17, 15) is 9.59 Å². The molecule has 0 N–H and O–H groups in total. The highest BCUT2D eigenvalue weighted by Crippen LogP contribution is 2.31. The van der Waals surface area contributed by atoms with E-state index in [1.54, 1.807) is 13.8 Å². The van der Waals surface area contributed by atoms with Crippen molar-refractivity contribution in [2.75, 3.05) is 13.2 Å². The second-order valence-corrected chi connectivity index (χ2v) is 5.07. The Labute approximate surface area is 119 Å². The summed E-state index contributed by atoms with van der Waals surface area (Å²) in [5.74, 6) is -1.50. The third-order valence-electron chi connectivity index (χ3n) is 3.18. The molecule has 0 amide bonds. The molecule has 0 aliphatic heterocycles. The molecule has 0 heterocycles. The number of esters is 2. The van der Waals surface area contributed by atoms with Crippen LogP contribution in [0.5, 0.6) is 0 Å². The lowest BCUT2D eigenvalue weighted by atomic mass is 9.85. The van der Waals surface area contributed by atoms with E-state index < -0.39 is 17.9 Å². The summed E-state index contributed by atoms with van der Waals surface area (Å²) in [4.78, 5) is 23.7. The number of allylic oxidation sites excluding steroid dienone is 2. The minimum atomic E-state index is -0.810. The highest BCUT2D eigenvalue weighted by atomic mass is 35.5. The molecule has 0 aromatic carbocycles. The molecule has 0 aromatic rings. The zero-order valence-corrected chi connectivity index (χ0v) is 12.2. The topological polar surface area (TPSA) is 52.6 Å². The quantitative estimate of drug-likeness (QED) is 0.557. The predicted octanol–water partition coefficient (Wildman–Crippen LogP) is 3.04. The summed E-state index contributed by atoms with van der Waals surface area (Å²) in [5, 5.41) is 0.861. The zero-order valence-electron chi connectivity index (χ0n) is 11.5. The Balaban J connectivity index is 2.63. The third kappa shape index (κ3) is 5.23. The first-order valence-electron chi connectivity index (χ1n) is 6.76. The van der Waals surface area contributed by atoms with Crippen LogP contribution >= 0.6 is 11.6 Å². The van der Waals surface area contributed by atoms with Gasteiger partial charge in [-0.05, 0) is 45.4 Å². The van der Waals surface area contributed by atoms with Crippen molar-refractivity contribution in [2.45, 2.75) is 39.5 Å². The highest BCUT2D eigenvalue weighted by molar-refractivity contribution is 6.29. The molecule has 1 aliphatic rings. The number of carbonyl (C=O) groups is 2. The first kappa shape index (κ1) is 16.0. The van der Waals surface area contributed by atoms with E-state index in [1.807, 2.05) is 6.08 Å². The summed E-state index contributed by atoms with van der Waals surface area (Å²) >= 11 is 5.92. The smallest absolute Gasteiger partial charge is 0.320 e. The van der Waals surface area contributed by atoms with Crippen molar-refractivity contribution in [1.82, 2.24) is 0 Å². The maximum atomic E-state index is 11.8. The number of rotatable bonds is 6. The van der Waals surface area contributed by atoms with E-state index in [0.717, 1.165) is 24.3 Å². The van der Waals surface area contributed by atoms with Crippen LogP contribution in [0.2, 0.25) is 0 Å². The van der Waals surface area contributed by atoms with E-state index in [2.05, 4.69) is 0 Å². The maximum Gasteiger partial charge on any atom is 0.320 e. The first-order valence-corrected chi connectivity index (χ1v) is 7.14. The SMILES string of the molecule is CCOC(=O)C(CC1CC=C(Cl)CC1)C(=O)OCC. The van der Waals surface area contributed by atoms with E-state index in [4.69, 9.17) is 21.1 Å². The van der Waals surface area contributed by atoms with Gasteiger partial charge in [-0.15, -0.1) is 0 Å². The fourth-order valence-electron chi connectivity index (χ4n) is 2.18. The number of ether oxygens (including phenoxy) is 2. The average molecular weight is 289 g/mol. The second kappa shape index (κ2) is 8.20. The fraction of sp³-hybridized carbons (Fsp3) is 0.714. The molecular formula is C14H21ClO4. The van der Waals surface area contributed by atoms with Gasteiger partial charge in [-0.25, -0.2) is 0 Å². The van der Waals surface area contributed by atoms with Crippen LogP contribution in [0.25, 0.3) is 0 Å². The van der Waals surface area contributed by atoms with Crippen LogP contribution in [-0.4, -0.2) is 25.2 Å². The summed E-state index contributed by atoms with van der Waals surface area (Å²) in [6.07, 6.45) is 4.94. The summed E-state index contributed by atoms with van der Waals surface area (Å²) in [6, 6.07) is 0. The van der Waals surface area contributed by atoms with Gasteiger partial charge >= 0.3 is 11.9 Å². The Morgan fingerprint density at radius 3 is 2.32 bits per heavy atom. The third-order valence-corrected chi connectivity index (χ3v) is 3.52. The molecule has 0 fully saturated rings. The largest absolute Gasteiger partial charge is 0.465 e. The van der Waals surface area contributed by atoms with Crippen molar-refractivity contribution in [3.63, 3.8) is 0 Å². The summed E-state index contributed by atoms with van der Waals surface area (Å²) in [7, 11) is 0. The van der Waals surface area contributed by atoms with Crippen molar-refractivity contribution in [3.8, 4) is 0 Å². The Morgan fingerprint density at radius 2 is 1.89 bits per heavy atom. The molecule has 1 aliphatic carbocycles. The number of halogens is 1. The molecule has 5 heteroatoms. The van der Waals surface area contributed by atoms with Crippen LogP contribution in [0.4, 0.5) is 0 Å². The summed E-state index contributed by atoms with van der Waals surface area (Å²) < 4.78 is 9.91. The lowest BCUT2D eigenvalue weighted by Crippen LogP contribution is -2.30. The fourth-order valence-corrected chi connectivity index (χ4v) is 2.38. The van der Waals surface area contributed by atoms with Crippen LogP contribution in [0.15, 0.2) is 11.1 Å². The molecule has 4 nitrogen and oxygen atoms in total. The van der Waals surface area contributed by atoms with Gasteiger partial charge < -0.3 is 9.47 Å². The maximum absolute atomic E-state index is 11.8. The Kier molecular flexibility index (Phi) is 6.92. The molecule has 0 spiro atoms. The van der Waals surface area contributed by atoms with Gasteiger partial charge in [0, 0.05) is 5.03 Å². The van der Waals surface area contributed by atoms with Gasteiger partial charge in [0.1, 0.15) is 0 Å². The molecular weight excluding hydrogens is 268 g/mol. The molecule has 0 saturated heterocycles. The molecule has 19 heavy (non-hydrogen) atoms. The first-order chi connectivity index (χ1) is 9.08. The van der Waals surface area contributed by atoms with E-state index in [0.29, 0.717) is 6.42 Å². The Morgan fingerprint density at radius 1 is 1.32 bits per heavy atom. The number of hydrogen-bond acceptors (Lipinski definition) is 4. The van der Waals surface area contributed by atoms with Gasteiger partial charge in [0.2, 0.25) is 0 Å². The summed E-state index contributed by atoms with van der Waals surface area (Å²) in [6.45, 7) is 3.99. The second-order valence-electron chi connectivity index (χ2n) is 4.58. The van der Waals surface area contributed by atoms with Crippen molar-refractivity contribution < 1.29 is 19.1 Å².